The van der Waals surface area contributed by atoms with Crippen LogP contribution in [0.5, 0.6) is 0 Å². The largest absolute Gasteiger partial charge is 0.397 e. The van der Waals surface area contributed by atoms with Crippen molar-refractivity contribution in [3.05, 3.63) is 46.5 Å². The Labute approximate surface area is 120 Å². The van der Waals surface area contributed by atoms with E-state index < -0.39 is 0 Å². The van der Waals surface area contributed by atoms with Crippen molar-refractivity contribution in [2.24, 2.45) is 0 Å². The van der Waals surface area contributed by atoms with Crippen molar-refractivity contribution < 1.29 is 4.98 Å². The van der Waals surface area contributed by atoms with Crippen LogP contribution in [0, 0.1) is 11.3 Å². The second-order valence-corrected chi connectivity index (χ2v) is 5.34. The summed E-state index contributed by atoms with van der Waals surface area (Å²) in [6.07, 6.45) is 0. The molecule has 0 aliphatic carbocycles. The van der Waals surface area contributed by atoms with E-state index in [0.717, 1.165) is 5.56 Å². The SMILES string of the molecule is N#Cc1c(N)cc(N)[nH+]c1SCc1cccc(Cl)c1. The summed E-state index contributed by atoms with van der Waals surface area (Å²) < 4.78 is 0. The lowest BCUT2D eigenvalue weighted by Crippen LogP contribution is -2.16. The average Bonchev–Trinajstić information content (AvgIpc) is 2.36. The number of aromatic amines is 1. The van der Waals surface area contributed by atoms with E-state index in [2.05, 4.69) is 11.1 Å². The van der Waals surface area contributed by atoms with Crippen molar-refractivity contribution in [1.29, 1.82) is 5.26 Å². The van der Waals surface area contributed by atoms with Crippen LogP contribution in [0.1, 0.15) is 11.1 Å². The van der Waals surface area contributed by atoms with Crippen LogP contribution in [0.3, 0.4) is 0 Å². The molecular formula is C13H12ClN4S+. The molecular weight excluding hydrogens is 280 g/mol. The summed E-state index contributed by atoms with van der Waals surface area (Å²) in [4.78, 5) is 2.96. The molecule has 0 saturated heterocycles. The van der Waals surface area contributed by atoms with E-state index in [4.69, 9.17) is 28.3 Å². The molecule has 2 aromatic rings. The minimum atomic E-state index is 0.382. The van der Waals surface area contributed by atoms with Crippen LogP contribution in [-0.4, -0.2) is 0 Å². The first-order chi connectivity index (χ1) is 9.10. The molecule has 1 heterocycles. The smallest absolute Gasteiger partial charge is 0.273 e. The second-order valence-electron chi connectivity index (χ2n) is 3.91. The summed E-state index contributed by atoms with van der Waals surface area (Å²) in [6.45, 7) is 0. The predicted octanol–water partition coefficient (Wildman–Crippen LogP) is 2.48. The zero-order valence-corrected chi connectivity index (χ0v) is 11.6. The van der Waals surface area contributed by atoms with Gasteiger partial charge in [0.15, 0.2) is 5.03 Å². The van der Waals surface area contributed by atoms with Crippen LogP contribution in [0.15, 0.2) is 35.4 Å². The first-order valence-corrected chi connectivity index (χ1v) is 6.85. The van der Waals surface area contributed by atoms with E-state index in [9.17, 15) is 0 Å². The van der Waals surface area contributed by atoms with E-state index >= 15 is 0 Å². The Balaban J connectivity index is 2.22. The molecule has 6 heteroatoms. The van der Waals surface area contributed by atoms with Crippen molar-refractivity contribution >= 4 is 34.9 Å². The molecule has 0 bridgehead atoms. The number of anilines is 2. The number of nitrogens with zero attached hydrogens (tertiary/aromatic N) is 1. The molecule has 2 rings (SSSR count). The van der Waals surface area contributed by atoms with Crippen LogP contribution < -0.4 is 16.5 Å². The third-order valence-electron chi connectivity index (χ3n) is 2.47. The Kier molecular flexibility index (Phi) is 4.15. The van der Waals surface area contributed by atoms with Gasteiger partial charge in [0.25, 0.3) is 5.82 Å². The molecule has 19 heavy (non-hydrogen) atoms. The van der Waals surface area contributed by atoms with Gasteiger partial charge < -0.3 is 5.73 Å². The number of hydrogen-bond acceptors (Lipinski definition) is 4. The van der Waals surface area contributed by atoms with Crippen molar-refractivity contribution in [3.8, 4) is 6.07 Å². The van der Waals surface area contributed by atoms with Gasteiger partial charge in [-0.05, 0) is 17.7 Å². The molecule has 0 unspecified atom stereocenters. The Morgan fingerprint density at radius 3 is 2.79 bits per heavy atom. The topological polar surface area (TPSA) is 90.0 Å². The maximum atomic E-state index is 9.11. The average molecular weight is 292 g/mol. The van der Waals surface area contributed by atoms with Crippen LogP contribution in [-0.2, 0) is 5.75 Å². The molecule has 96 valence electrons. The third kappa shape index (κ3) is 3.31. The summed E-state index contributed by atoms with van der Waals surface area (Å²) in [5.74, 6) is 1.11. The normalized spacial score (nSPS) is 10.1. The third-order valence-corrected chi connectivity index (χ3v) is 3.78. The number of pyridine rings is 1. The van der Waals surface area contributed by atoms with E-state index in [0.29, 0.717) is 32.9 Å². The summed E-state index contributed by atoms with van der Waals surface area (Å²) >= 11 is 7.39. The number of H-pyrrole nitrogens is 1. The summed E-state index contributed by atoms with van der Waals surface area (Å²) in [7, 11) is 0. The van der Waals surface area contributed by atoms with Gasteiger partial charge in [-0.15, -0.1) is 0 Å². The molecule has 0 atom stereocenters. The summed E-state index contributed by atoms with van der Waals surface area (Å²) in [6, 6.07) is 11.2. The number of nitriles is 1. The minimum absolute atomic E-state index is 0.382. The quantitative estimate of drug-likeness (QED) is 0.850. The van der Waals surface area contributed by atoms with Crippen LogP contribution in [0.4, 0.5) is 11.5 Å². The molecule has 0 fully saturated rings. The number of nitrogens with two attached hydrogens (primary N) is 2. The van der Waals surface area contributed by atoms with Crippen molar-refractivity contribution in [2.75, 3.05) is 11.5 Å². The van der Waals surface area contributed by atoms with E-state index in [1.807, 2.05) is 24.3 Å². The second kappa shape index (κ2) is 5.83. The highest BCUT2D eigenvalue weighted by atomic mass is 35.5. The van der Waals surface area contributed by atoms with E-state index in [-0.39, 0.29) is 0 Å². The number of aromatic nitrogens is 1. The number of halogens is 1. The van der Waals surface area contributed by atoms with E-state index in [1.165, 1.54) is 11.8 Å². The Bertz CT molecular complexity index is 652. The number of thioether (sulfide) groups is 1. The summed E-state index contributed by atoms with van der Waals surface area (Å²) in [5.41, 5.74) is 13.3. The van der Waals surface area contributed by atoms with Crippen LogP contribution in [0.25, 0.3) is 0 Å². The lowest BCUT2D eigenvalue weighted by atomic mass is 10.2. The lowest BCUT2D eigenvalue weighted by Gasteiger charge is -2.04. The Hall–Kier alpha value is -1.90. The van der Waals surface area contributed by atoms with Crippen LogP contribution in [0.2, 0.25) is 5.02 Å². The lowest BCUT2D eigenvalue weighted by molar-refractivity contribution is -0.409. The highest BCUT2D eigenvalue weighted by molar-refractivity contribution is 7.98. The molecule has 1 aromatic carbocycles. The fraction of sp³-hybridized carbons (Fsp3) is 0.0769. The van der Waals surface area contributed by atoms with Crippen LogP contribution >= 0.6 is 23.4 Å². The molecule has 4 nitrogen and oxygen atoms in total. The fourth-order valence-corrected chi connectivity index (χ4v) is 2.81. The van der Waals surface area contributed by atoms with Crippen molar-refractivity contribution in [3.63, 3.8) is 0 Å². The molecule has 5 N–H and O–H groups in total. The first-order valence-electron chi connectivity index (χ1n) is 5.49. The maximum absolute atomic E-state index is 9.11. The van der Waals surface area contributed by atoms with Gasteiger partial charge >= 0.3 is 0 Å². The monoisotopic (exact) mass is 291 g/mol. The first kappa shape index (κ1) is 13.5. The van der Waals surface area contributed by atoms with Gasteiger partial charge in [0, 0.05) is 10.8 Å². The molecule has 0 aliphatic heterocycles. The molecule has 0 spiro atoms. The zero-order valence-electron chi connectivity index (χ0n) is 9.98. The molecule has 0 amide bonds. The summed E-state index contributed by atoms with van der Waals surface area (Å²) in [5, 5.41) is 10.5. The minimum Gasteiger partial charge on any atom is -0.397 e. The Morgan fingerprint density at radius 2 is 2.11 bits per heavy atom. The number of nitrogens with one attached hydrogen (secondary N) is 1. The van der Waals surface area contributed by atoms with Gasteiger partial charge in [0.1, 0.15) is 11.6 Å². The zero-order chi connectivity index (χ0) is 13.8. The van der Waals surface area contributed by atoms with Gasteiger partial charge in [-0.2, -0.15) is 5.26 Å². The fourth-order valence-electron chi connectivity index (χ4n) is 1.61. The standard InChI is InChI=1S/C13H11ClN4S/c14-9-3-1-2-8(4-9)7-19-13-10(6-15)11(16)5-12(17)18-13/h1-5H,7H2,(H4,16,17,18)/p+1. The number of benzene rings is 1. The molecule has 1 aromatic heterocycles. The Morgan fingerprint density at radius 1 is 1.32 bits per heavy atom. The number of nitrogen functional groups attached to an aromatic ring is 2. The number of hydrogen-bond donors (Lipinski definition) is 2. The van der Waals surface area contributed by atoms with Gasteiger partial charge in [0.05, 0.1) is 11.8 Å². The maximum Gasteiger partial charge on any atom is 0.273 e. The highest BCUT2D eigenvalue weighted by Gasteiger charge is 2.13. The van der Waals surface area contributed by atoms with E-state index in [1.54, 1.807) is 6.07 Å². The van der Waals surface area contributed by atoms with Crippen molar-refractivity contribution in [1.82, 2.24) is 0 Å². The molecule has 0 radical (unpaired) electrons. The predicted molar refractivity (Wildman–Crippen MR) is 77.6 cm³/mol. The van der Waals surface area contributed by atoms with Gasteiger partial charge in [-0.25, -0.2) is 4.98 Å². The molecule has 0 aliphatic rings. The van der Waals surface area contributed by atoms with Gasteiger partial charge in [-0.3, -0.25) is 5.73 Å². The highest BCUT2D eigenvalue weighted by Crippen LogP contribution is 2.26. The van der Waals surface area contributed by atoms with Crippen molar-refractivity contribution in [2.45, 2.75) is 10.8 Å². The number of rotatable bonds is 3. The molecule has 0 saturated carbocycles. The van der Waals surface area contributed by atoms with Gasteiger partial charge in [-0.1, -0.05) is 35.5 Å². The van der Waals surface area contributed by atoms with Gasteiger partial charge in [0.2, 0.25) is 0 Å².